The summed E-state index contributed by atoms with van der Waals surface area (Å²) in [5, 5.41) is 5.60. The third-order valence-electron chi connectivity index (χ3n) is 4.72. The first-order chi connectivity index (χ1) is 14.9. The Bertz CT molecular complexity index is 1060. The van der Waals surface area contributed by atoms with Gasteiger partial charge in [0.15, 0.2) is 0 Å². The Morgan fingerprint density at radius 3 is 2.77 bits per heavy atom. The second-order valence-electron chi connectivity index (χ2n) is 7.22. The van der Waals surface area contributed by atoms with E-state index in [2.05, 4.69) is 45.7 Å². The van der Waals surface area contributed by atoms with Crippen LogP contribution in [0.1, 0.15) is 30.5 Å². The largest absolute Gasteiger partial charge is 0.439 e. The number of nitrogens with zero attached hydrogens (tertiary/aromatic N) is 2. The topological polar surface area (TPSA) is 93.2 Å². The molecule has 2 amide bonds. The molecule has 0 fully saturated rings. The van der Waals surface area contributed by atoms with E-state index in [1.54, 1.807) is 12.2 Å². The predicted octanol–water partition coefficient (Wildman–Crippen LogP) is 3.42. The van der Waals surface area contributed by atoms with Crippen molar-refractivity contribution < 1.29 is 14.3 Å². The van der Waals surface area contributed by atoms with E-state index >= 15 is 0 Å². The second-order valence-corrected chi connectivity index (χ2v) is 7.22. The average Bonchev–Trinajstić information content (AvgIpc) is 2.94. The van der Waals surface area contributed by atoms with Crippen LogP contribution in [0.15, 0.2) is 66.7 Å². The first-order valence-electron chi connectivity index (χ1n) is 10.1. The van der Waals surface area contributed by atoms with Gasteiger partial charge in [0.1, 0.15) is 17.9 Å². The summed E-state index contributed by atoms with van der Waals surface area (Å²) in [5.74, 6) is 0.940. The van der Waals surface area contributed by atoms with Crippen molar-refractivity contribution in [2.75, 3.05) is 5.32 Å². The molecule has 1 heterocycles. The number of amides is 2. The lowest BCUT2D eigenvalue weighted by Gasteiger charge is -2.12. The molecule has 2 N–H and O–H groups in total. The van der Waals surface area contributed by atoms with Crippen LogP contribution in [0.4, 0.5) is 5.82 Å². The summed E-state index contributed by atoms with van der Waals surface area (Å²) < 4.78 is 5.76. The van der Waals surface area contributed by atoms with Crippen molar-refractivity contribution in [3.63, 3.8) is 0 Å². The Labute approximate surface area is 181 Å². The number of benzene rings is 1. The molecule has 1 aromatic heterocycles. The molecular formula is C24H26N4O3. The van der Waals surface area contributed by atoms with E-state index in [0.717, 1.165) is 17.5 Å². The zero-order valence-corrected chi connectivity index (χ0v) is 17.9. The molecule has 2 aromatic rings. The quantitative estimate of drug-likeness (QED) is 0.719. The third kappa shape index (κ3) is 6.64. The van der Waals surface area contributed by atoms with Crippen LogP contribution in [-0.2, 0) is 22.4 Å². The minimum absolute atomic E-state index is 0.0456. The highest BCUT2D eigenvalue weighted by Crippen LogP contribution is 2.17. The molecule has 0 radical (unpaired) electrons. The summed E-state index contributed by atoms with van der Waals surface area (Å²) in [6.07, 6.45) is 11.7. The Morgan fingerprint density at radius 1 is 1.16 bits per heavy atom. The highest BCUT2D eigenvalue weighted by atomic mass is 16.5. The number of aromatic nitrogens is 2. The zero-order chi connectivity index (χ0) is 22.2. The maximum atomic E-state index is 12.6. The lowest BCUT2D eigenvalue weighted by atomic mass is 10.0. The fraction of sp³-hybridized carbons (Fsp3) is 0.250. The lowest BCUT2D eigenvalue weighted by Crippen LogP contribution is -2.33. The van der Waals surface area contributed by atoms with Gasteiger partial charge in [0.2, 0.25) is 17.7 Å². The molecule has 1 aliphatic rings. The number of nitrogens with one attached hydrogen (secondary N) is 2. The van der Waals surface area contributed by atoms with Crippen molar-refractivity contribution in [2.24, 2.45) is 0 Å². The summed E-state index contributed by atoms with van der Waals surface area (Å²) in [6, 6.07) is 7.54. The number of ether oxygens (including phenoxy) is 1. The number of anilines is 1. The monoisotopic (exact) mass is 418 g/mol. The van der Waals surface area contributed by atoms with Gasteiger partial charge in [-0.05, 0) is 42.2 Å². The molecule has 160 valence electrons. The number of carbonyl (C=O) groups is 2. The van der Waals surface area contributed by atoms with Gasteiger partial charge in [-0.15, -0.1) is 0 Å². The molecule has 3 rings (SSSR count). The van der Waals surface area contributed by atoms with E-state index in [1.807, 2.05) is 25.2 Å². The minimum Gasteiger partial charge on any atom is -0.439 e. The van der Waals surface area contributed by atoms with Gasteiger partial charge in [0.05, 0.1) is 12.5 Å². The van der Waals surface area contributed by atoms with Gasteiger partial charge in [-0.25, -0.2) is 9.97 Å². The smallest absolute Gasteiger partial charge is 0.225 e. The molecule has 1 atom stereocenters. The van der Waals surface area contributed by atoms with Gasteiger partial charge >= 0.3 is 0 Å². The zero-order valence-electron chi connectivity index (χ0n) is 17.9. The normalized spacial score (nSPS) is 15.1. The van der Waals surface area contributed by atoms with Crippen LogP contribution in [0.2, 0.25) is 0 Å². The van der Waals surface area contributed by atoms with Gasteiger partial charge in [-0.3, -0.25) is 9.59 Å². The summed E-state index contributed by atoms with van der Waals surface area (Å²) >= 11 is 0. The Balaban J connectivity index is 1.59. The summed E-state index contributed by atoms with van der Waals surface area (Å²) in [5.41, 5.74) is 3.37. The van der Waals surface area contributed by atoms with E-state index in [9.17, 15) is 9.59 Å². The molecule has 7 heteroatoms. The van der Waals surface area contributed by atoms with Gasteiger partial charge in [-0.1, -0.05) is 43.4 Å². The van der Waals surface area contributed by atoms with Crippen LogP contribution < -0.4 is 15.4 Å². The number of hydrogen-bond donors (Lipinski definition) is 2. The Hall–Kier alpha value is -3.74. The molecule has 31 heavy (non-hydrogen) atoms. The van der Waals surface area contributed by atoms with Gasteiger partial charge in [0.25, 0.3) is 0 Å². The molecule has 0 spiro atoms. The highest BCUT2D eigenvalue weighted by molar-refractivity contribution is 5.87. The standard InChI is InChI=1S/C24H26N4O3/c1-4-18-9-8-16(2)19(12-18)13-23(30)28-20-6-5-7-21(11-10-20)31-24-14-22(25-15-26-24)27-17(3)29/h5-12,14-15,20H,4,13H2,1-3H3,(H,28,30)(H,25,26,27,29). The molecule has 1 unspecified atom stereocenters. The van der Waals surface area contributed by atoms with E-state index in [0.29, 0.717) is 23.9 Å². The van der Waals surface area contributed by atoms with E-state index in [-0.39, 0.29) is 17.9 Å². The molecule has 0 saturated heterocycles. The molecule has 1 aromatic carbocycles. The van der Waals surface area contributed by atoms with Crippen LogP contribution in [-0.4, -0.2) is 27.8 Å². The first-order valence-corrected chi connectivity index (χ1v) is 10.1. The van der Waals surface area contributed by atoms with Crippen LogP contribution in [0.25, 0.3) is 0 Å². The summed E-state index contributed by atoms with van der Waals surface area (Å²) in [6.45, 7) is 5.52. The van der Waals surface area contributed by atoms with Crippen molar-refractivity contribution in [3.05, 3.63) is 83.4 Å². The van der Waals surface area contributed by atoms with Crippen molar-refractivity contribution in [1.29, 1.82) is 0 Å². The van der Waals surface area contributed by atoms with E-state index in [4.69, 9.17) is 4.74 Å². The fourth-order valence-corrected chi connectivity index (χ4v) is 3.06. The summed E-state index contributed by atoms with van der Waals surface area (Å²) in [7, 11) is 0. The molecule has 0 aliphatic heterocycles. The number of rotatable bonds is 7. The van der Waals surface area contributed by atoms with Crippen LogP contribution in [0, 0.1) is 6.92 Å². The Morgan fingerprint density at radius 2 is 2.00 bits per heavy atom. The number of hydrogen-bond acceptors (Lipinski definition) is 5. The number of allylic oxidation sites excluding steroid dienone is 3. The van der Waals surface area contributed by atoms with Crippen molar-refractivity contribution >= 4 is 17.6 Å². The van der Waals surface area contributed by atoms with Crippen molar-refractivity contribution in [3.8, 4) is 5.88 Å². The molecule has 7 nitrogen and oxygen atoms in total. The number of carbonyl (C=O) groups excluding carboxylic acids is 2. The molecule has 1 aliphatic carbocycles. The third-order valence-corrected chi connectivity index (χ3v) is 4.72. The fourth-order valence-electron chi connectivity index (χ4n) is 3.06. The van der Waals surface area contributed by atoms with Crippen LogP contribution in [0.3, 0.4) is 0 Å². The van der Waals surface area contributed by atoms with Crippen molar-refractivity contribution in [1.82, 2.24) is 15.3 Å². The maximum Gasteiger partial charge on any atom is 0.225 e. The van der Waals surface area contributed by atoms with Gasteiger partial charge < -0.3 is 15.4 Å². The molecule has 0 bridgehead atoms. The van der Waals surface area contributed by atoms with Crippen LogP contribution >= 0.6 is 0 Å². The number of aryl methyl sites for hydroxylation is 2. The second kappa shape index (κ2) is 10.3. The van der Waals surface area contributed by atoms with Crippen LogP contribution in [0.5, 0.6) is 5.88 Å². The van der Waals surface area contributed by atoms with Gasteiger partial charge in [0, 0.05) is 13.0 Å². The SMILES string of the molecule is CCc1ccc(C)c(CC(=O)NC2C=CC=C(Oc3cc(NC(C)=O)ncn3)C=C2)c1. The maximum absolute atomic E-state index is 12.6. The van der Waals surface area contributed by atoms with Crippen molar-refractivity contribution in [2.45, 2.75) is 39.7 Å². The van der Waals surface area contributed by atoms with E-state index < -0.39 is 0 Å². The van der Waals surface area contributed by atoms with Gasteiger partial charge in [-0.2, -0.15) is 0 Å². The summed E-state index contributed by atoms with van der Waals surface area (Å²) in [4.78, 5) is 31.8. The average molecular weight is 418 g/mol. The predicted molar refractivity (Wildman–Crippen MR) is 120 cm³/mol. The Kier molecular flexibility index (Phi) is 7.32. The first kappa shape index (κ1) is 22.0. The molecular weight excluding hydrogens is 392 g/mol. The molecule has 0 saturated carbocycles. The highest BCUT2D eigenvalue weighted by Gasteiger charge is 2.12. The lowest BCUT2D eigenvalue weighted by molar-refractivity contribution is -0.120. The van der Waals surface area contributed by atoms with E-state index in [1.165, 1.54) is 24.9 Å². The minimum atomic E-state index is -0.250.